The summed E-state index contributed by atoms with van der Waals surface area (Å²) < 4.78 is 10.6. The highest BCUT2D eigenvalue weighted by molar-refractivity contribution is 5.95. The van der Waals surface area contributed by atoms with E-state index < -0.39 is 53.2 Å². The van der Waals surface area contributed by atoms with Crippen molar-refractivity contribution < 1.29 is 33.8 Å². The molecular formula is C26H43N3O7. The van der Waals surface area contributed by atoms with Gasteiger partial charge in [-0.15, -0.1) is 0 Å². The van der Waals surface area contributed by atoms with Gasteiger partial charge in [-0.3, -0.25) is 9.59 Å². The molecule has 10 heteroatoms. The summed E-state index contributed by atoms with van der Waals surface area (Å²) in [6, 6.07) is -1.90. The van der Waals surface area contributed by atoms with Crippen LogP contribution in [0.3, 0.4) is 0 Å². The number of hydrogen-bond acceptors (Lipinski definition) is 7. The normalized spacial score (nSPS) is 31.4. The first-order chi connectivity index (χ1) is 16.8. The summed E-state index contributed by atoms with van der Waals surface area (Å²) in [5, 5.41) is 15.8. The number of aliphatic hydroxyl groups excluding tert-OH is 1. The van der Waals surface area contributed by atoms with Gasteiger partial charge in [0.2, 0.25) is 11.8 Å². The lowest BCUT2D eigenvalue weighted by Crippen LogP contribution is -2.61. The molecule has 2 aliphatic rings. The Morgan fingerprint density at radius 1 is 1.25 bits per heavy atom. The number of hydrogen-bond donors (Lipinski definition) is 3. The first kappa shape index (κ1) is 29.6. The molecule has 1 unspecified atom stereocenters. The highest BCUT2D eigenvalue weighted by Gasteiger charge is 2.46. The molecule has 2 heterocycles. The topological polar surface area (TPSA) is 134 Å². The Morgan fingerprint density at radius 3 is 2.58 bits per heavy atom. The summed E-state index contributed by atoms with van der Waals surface area (Å²) >= 11 is 0. The second-order valence-electron chi connectivity index (χ2n) is 10.9. The molecule has 0 saturated carbocycles. The standard InChI is InChI=1S/C26H43N3O7/c1-7-35-23(33)26(6)17(2)13-11-9-8-10-12-14-19(27-24(34)36-25(3,4)5)22(32)29-16-18(30)15-20(29)21(31)28-26/h11,13,17-20,30H,7-10,12,14-16H2,1-6H3,(H,27,34)(H,28,31)/b13-11-/t17?,18-,19+,20-,26+/m0/s1. The Kier molecular flexibility index (Phi) is 10.3. The predicted octanol–water partition coefficient (Wildman–Crippen LogP) is 2.44. The van der Waals surface area contributed by atoms with Crippen molar-refractivity contribution in [3.8, 4) is 0 Å². The molecule has 3 N–H and O–H groups in total. The largest absolute Gasteiger partial charge is 0.464 e. The average Bonchev–Trinajstić information content (AvgIpc) is 3.16. The minimum atomic E-state index is -1.36. The van der Waals surface area contributed by atoms with E-state index in [0.29, 0.717) is 12.8 Å². The Morgan fingerprint density at radius 2 is 1.94 bits per heavy atom. The fourth-order valence-electron chi connectivity index (χ4n) is 4.46. The van der Waals surface area contributed by atoms with Gasteiger partial charge in [-0.05, 0) is 53.9 Å². The van der Waals surface area contributed by atoms with Crippen molar-refractivity contribution in [1.29, 1.82) is 0 Å². The number of rotatable bonds is 3. The fourth-order valence-corrected chi connectivity index (χ4v) is 4.46. The van der Waals surface area contributed by atoms with E-state index >= 15 is 0 Å². The van der Waals surface area contributed by atoms with Gasteiger partial charge in [0.05, 0.1) is 12.7 Å². The van der Waals surface area contributed by atoms with Crippen LogP contribution in [0, 0.1) is 5.92 Å². The predicted molar refractivity (Wildman–Crippen MR) is 134 cm³/mol. The maximum absolute atomic E-state index is 13.6. The number of esters is 1. The van der Waals surface area contributed by atoms with Crippen molar-refractivity contribution in [3.63, 3.8) is 0 Å². The molecule has 0 aromatic heterocycles. The molecule has 0 spiro atoms. The zero-order valence-electron chi connectivity index (χ0n) is 22.5. The molecule has 36 heavy (non-hydrogen) atoms. The van der Waals surface area contributed by atoms with E-state index in [4.69, 9.17) is 9.47 Å². The van der Waals surface area contributed by atoms with Gasteiger partial charge >= 0.3 is 12.1 Å². The Balaban J connectivity index is 2.37. The second kappa shape index (κ2) is 12.6. The van der Waals surface area contributed by atoms with Crippen molar-refractivity contribution in [3.05, 3.63) is 12.2 Å². The van der Waals surface area contributed by atoms with Gasteiger partial charge in [0.15, 0.2) is 0 Å². The van der Waals surface area contributed by atoms with Gasteiger partial charge in [0.25, 0.3) is 0 Å². The maximum Gasteiger partial charge on any atom is 0.408 e. The monoisotopic (exact) mass is 509 g/mol. The molecule has 1 saturated heterocycles. The van der Waals surface area contributed by atoms with E-state index in [1.54, 1.807) is 34.6 Å². The van der Waals surface area contributed by atoms with Crippen molar-refractivity contribution in [2.24, 2.45) is 5.92 Å². The van der Waals surface area contributed by atoms with E-state index in [-0.39, 0.29) is 25.5 Å². The first-order valence-electron chi connectivity index (χ1n) is 12.9. The quantitative estimate of drug-likeness (QED) is 0.393. The number of amides is 3. The zero-order chi connectivity index (χ0) is 27.1. The van der Waals surface area contributed by atoms with Gasteiger partial charge in [0.1, 0.15) is 23.2 Å². The minimum Gasteiger partial charge on any atom is -0.464 e. The second-order valence-corrected chi connectivity index (χ2v) is 10.9. The van der Waals surface area contributed by atoms with Gasteiger partial charge in [0, 0.05) is 18.9 Å². The van der Waals surface area contributed by atoms with Gasteiger partial charge in [-0.1, -0.05) is 31.9 Å². The third kappa shape index (κ3) is 7.94. The molecule has 0 aromatic rings. The number of nitrogens with one attached hydrogen (secondary N) is 2. The van der Waals surface area contributed by atoms with Crippen LogP contribution in [0.5, 0.6) is 0 Å². The van der Waals surface area contributed by atoms with Crippen molar-refractivity contribution in [1.82, 2.24) is 15.5 Å². The van der Waals surface area contributed by atoms with Crippen LogP contribution in [0.1, 0.15) is 80.1 Å². The smallest absolute Gasteiger partial charge is 0.408 e. The molecule has 0 aliphatic carbocycles. The Hall–Kier alpha value is -2.62. The van der Waals surface area contributed by atoms with Crippen molar-refractivity contribution in [2.45, 2.75) is 109 Å². The van der Waals surface area contributed by atoms with E-state index in [1.165, 1.54) is 4.90 Å². The highest BCUT2D eigenvalue weighted by Crippen LogP contribution is 2.26. The Labute approximate surface area is 214 Å². The van der Waals surface area contributed by atoms with Crippen LogP contribution < -0.4 is 10.6 Å². The van der Waals surface area contributed by atoms with Crippen LogP contribution in [0.4, 0.5) is 4.79 Å². The first-order valence-corrected chi connectivity index (χ1v) is 12.9. The molecule has 3 amide bonds. The summed E-state index contributed by atoms with van der Waals surface area (Å²) in [6.07, 6.45) is 5.82. The molecule has 204 valence electrons. The molecule has 0 aromatic carbocycles. The molecule has 5 atom stereocenters. The van der Waals surface area contributed by atoms with E-state index in [0.717, 1.165) is 19.3 Å². The van der Waals surface area contributed by atoms with Crippen LogP contribution >= 0.6 is 0 Å². The van der Waals surface area contributed by atoms with E-state index in [9.17, 15) is 24.3 Å². The Bertz CT molecular complexity index is 838. The number of nitrogens with zero attached hydrogens (tertiary/aromatic N) is 1. The van der Waals surface area contributed by atoms with Crippen LogP contribution in [-0.2, 0) is 23.9 Å². The highest BCUT2D eigenvalue weighted by atomic mass is 16.6. The lowest BCUT2D eigenvalue weighted by atomic mass is 9.85. The number of fused-ring (bicyclic) bond motifs is 1. The zero-order valence-corrected chi connectivity index (χ0v) is 22.5. The van der Waals surface area contributed by atoms with Crippen LogP contribution in [0.2, 0.25) is 0 Å². The summed E-state index contributed by atoms with van der Waals surface area (Å²) in [5.74, 6) is -1.96. The van der Waals surface area contributed by atoms with Crippen molar-refractivity contribution >= 4 is 23.9 Å². The molecule has 0 bridgehead atoms. The molecule has 10 nitrogen and oxygen atoms in total. The van der Waals surface area contributed by atoms with E-state index in [2.05, 4.69) is 10.6 Å². The fraction of sp³-hybridized carbons (Fsp3) is 0.769. The summed E-state index contributed by atoms with van der Waals surface area (Å²) in [5.41, 5.74) is -2.10. The molecule has 1 fully saturated rings. The van der Waals surface area contributed by atoms with Crippen LogP contribution in [0.25, 0.3) is 0 Å². The lowest BCUT2D eigenvalue weighted by Gasteiger charge is -2.35. The number of carbonyl (C=O) groups is 4. The number of carbonyl (C=O) groups excluding carboxylic acids is 4. The molecule has 2 rings (SSSR count). The van der Waals surface area contributed by atoms with Crippen LogP contribution in [0.15, 0.2) is 12.2 Å². The van der Waals surface area contributed by atoms with Gasteiger partial charge in [-0.2, -0.15) is 0 Å². The third-order valence-corrected chi connectivity index (χ3v) is 6.64. The molecular weight excluding hydrogens is 466 g/mol. The maximum atomic E-state index is 13.6. The lowest BCUT2D eigenvalue weighted by molar-refractivity contribution is -0.155. The minimum absolute atomic E-state index is 0.0276. The summed E-state index contributed by atoms with van der Waals surface area (Å²) in [6.45, 7) is 10.5. The summed E-state index contributed by atoms with van der Waals surface area (Å²) in [4.78, 5) is 53.7. The number of alkyl carbamates (subject to hydrolysis) is 1. The van der Waals surface area contributed by atoms with E-state index in [1.807, 2.05) is 19.1 Å². The van der Waals surface area contributed by atoms with Gasteiger partial charge in [-0.25, -0.2) is 9.59 Å². The number of allylic oxidation sites excluding steroid dienone is 1. The average molecular weight is 510 g/mol. The molecule has 2 aliphatic heterocycles. The third-order valence-electron chi connectivity index (χ3n) is 6.64. The number of ether oxygens (including phenoxy) is 2. The summed E-state index contributed by atoms with van der Waals surface area (Å²) in [7, 11) is 0. The molecule has 0 radical (unpaired) electrons. The van der Waals surface area contributed by atoms with Gasteiger partial charge < -0.3 is 30.1 Å². The SMILES string of the molecule is CCOC(=O)[C@]1(C)NC(=O)[C@@H]2C[C@H](O)CN2C(=O)[C@H](NC(=O)OC(C)(C)C)CCCCC/C=C\C1C. The number of aliphatic hydroxyl groups is 1. The van der Waals surface area contributed by atoms with Crippen LogP contribution in [-0.4, -0.2) is 76.4 Å². The van der Waals surface area contributed by atoms with Crippen molar-refractivity contribution in [2.75, 3.05) is 13.2 Å².